The van der Waals surface area contributed by atoms with Crippen molar-refractivity contribution in [3.8, 4) is 0 Å². The molecule has 0 aliphatic carbocycles. The SMILES string of the molecule is CCOC(=O)C=CC=Cc1cn(Cc2ccccc2)c2ccccc12. The molecule has 0 fully saturated rings. The molecule has 3 nitrogen and oxygen atoms in total. The molecule has 1 aromatic heterocycles. The van der Waals surface area contributed by atoms with Crippen LogP contribution in [-0.4, -0.2) is 17.1 Å². The average molecular weight is 331 g/mol. The molecule has 3 rings (SSSR count). The van der Waals surface area contributed by atoms with Crippen molar-refractivity contribution in [3.63, 3.8) is 0 Å². The minimum atomic E-state index is -0.321. The predicted octanol–water partition coefficient (Wildman–Crippen LogP) is 4.82. The van der Waals surface area contributed by atoms with E-state index in [9.17, 15) is 4.79 Å². The number of esters is 1. The Hall–Kier alpha value is -3.07. The predicted molar refractivity (Wildman–Crippen MR) is 102 cm³/mol. The summed E-state index contributed by atoms with van der Waals surface area (Å²) in [5, 5.41) is 1.19. The summed E-state index contributed by atoms with van der Waals surface area (Å²) < 4.78 is 7.12. The summed E-state index contributed by atoms with van der Waals surface area (Å²) in [5.74, 6) is -0.321. The number of fused-ring (bicyclic) bond motifs is 1. The average Bonchev–Trinajstić information content (AvgIpc) is 2.98. The number of hydrogen-bond donors (Lipinski definition) is 0. The molecule has 0 unspecified atom stereocenters. The number of ether oxygens (including phenoxy) is 1. The van der Waals surface area contributed by atoms with Crippen LogP contribution in [-0.2, 0) is 16.1 Å². The monoisotopic (exact) mass is 331 g/mol. The highest BCUT2D eigenvalue weighted by molar-refractivity contribution is 5.90. The number of allylic oxidation sites excluding steroid dienone is 2. The number of carbonyl (C=O) groups is 1. The van der Waals surface area contributed by atoms with Crippen LogP contribution in [0.2, 0.25) is 0 Å². The van der Waals surface area contributed by atoms with Crippen molar-refractivity contribution in [1.82, 2.24) is 4.57 Å². The van der Waals surface area contributed by atoms with Crippen LogP contribution in [0.5, 0.6) is 0 Å². The molecule has 0 saturated carbocycles. The van der Waals surface area contributed by atoms with Crippen molar-refractivity contribution >= 4 is 22.9 Å². The van der Waals surface area contributed by atoms with Gasteiger partial charge in [0.15, 0.2) is 0 Å². The zero-order chi connectivity index (χ0) is 17.5. The molecule has 0 atom stereocenters. The number of carbonyl (C=O) groups excluding carboxylic acids is 1. The molecular weight excluding hydrogens is 310 g/mol. The van der Waals surface area contributed by atoms with Gasteiger partial charge in [0.2, 0.25) is 0 Å². The molecule has 25 heavy (non-hydrogen) atoms. The lowest BCUT2D eigenvalue weighted by Gasteiger charge is -2.05. The van der Waals surface area contributed by atoms with E-state index in [4.69, 9.17) is 4.74 Å². The van der Waals surface area contributed by atoms with Crippen molar-refractivity contribution in [2.24, 2.45) is 0 Å². The first-order valence-electron chi connectivity index (χ1n) is 8.41. The van der Waals surface area contributed by atoms with Crippen molar-refractivity contribution < 1.29 is 9.53 Å². The van der Waals surface area contributed by atoms with E-state index >= 15 is 0 Å². The van der Waals surface area contributed by atoms with Crippen LogP contribution in [0.15, 0.2) is 79.0 Å². The lowest BCUT2D eigenvalue weighted by molar-refractivity contribution is -0.137. The van der Waals surface area contributed by atoms with Crippen molar-refractivity contribution in [1.29, 1.82) is 0 Å². The van der Waals surface area contributed by atoms with Gasteiger partial charge >= 0.3 is 5.97 Å². The van der Waals surface area contributed by atoms with E-state index in [-0.39, 0.29) is 5.97 Å². The molecule has 2 aromatic carbocycles. The summed E-state index contributed by atoms with van der Waals surface area (Å²) in [6, 6.07) is 18.7. The van der Waals surface area contributed by atoms with Crippen LogP contribution >= 0.6 is 0 Å². The van der Waals surface area contributed by atoms with Gasteiger partial charge in [0.05, 0.1) is 6.61 Å². The summed E-state index contributed by atoms with van der Waals surface area (Å²) in [6.45, 7) is 3.01. The summed E-state index contributed by atoms with van der Waals surface area (Å²) in [5.41, 5.74) is 3.58. The highest BCUT2D eigenvalue weighted by Crippen LogP contribution is 2.23. The highest BCUT2D eigenvalue weighted by Gasteiger charge is 2.06. The maximum absolute atomic E-state index is 11.3. The first-order chi connectivity index (χ1) is 12.3. The van der Waals surface area contributed by atoms with Gasteiger partial charge in [0, 0.05) is 29.7 Å². The molecule has 0 aliphatic rings. The first kappa shape index (κ1) is 16.8. The van der Waals surface area contributed by atoms with E-state index < -0.39 is 0 Å². The molecule has 0 saturated heterocycles. The standard InChI is InChI=1S/C22H21NO2/c1-2-25-22(24)15-9-6-12-19-17-23(16-18-10-4-3-5-11-18)21-14-8-7-13-20(19)21/h3-15,17H,2,16H2,1H3. The molecule has 3 aromatic rings. The Morgan fingerprint density at radius 2 is 1.80 bits per heavy atom. The Morgan fingerprint density at radius 3 is 2.60 bits per heavy atom. The van der Waals surface area contributed by atoms with Gasteiger partial charge in [-0.2, -0.15) is 0 Å². The largest absolute Gasteiger partial charge is 0.463 e. The minimum absolute atomic E-state index is 0.321. The summed E-state index contributed by atoms with van der Waals surface area (Å²) in [7, 11) is 0. The van der Waals surface area contributed by atoms with Gasteiger partial charge in [0.25, 0.3) is 0 Å². The molecule has 0 bridgehead atoms. The van der Waals surface area contributed by atoms with Gasteiger partial charge < -0.3 is 9.30 Å². The molecule has 0 spiro atoms. The van der Waals surface area contributed by atoms with Gasteiger partial charge in [-0.1, -0.05) is 66.8 Å². The lowest BCUT2D eigenvalue weighted by Crippen LogP contribution is -1.98. The van der Waals surface area contributed by atoms with Gasteiger partial charge in [-0.25, -0.2) is 4.79 Å². The van der Waals surface area contributed by atoms with Crippen LogP contribution in [0.4, 0.5) is 0 Å². The molecule has 126 valence electrons. The Balaban J connectivity index is 1.85. The molecule has 0 N–H and O–H groups in total. The fourth-order valence-electron chi connectivity index (χ4n) is 2.80. The third kappa shape index (κ3) is 4.27. The summed E-state index contributed by atoms with van der Waals surface area (Å²) in [4.78, 5) is 11.3. The Bertz CT molecular complexity index is 904. The molecular formula is C22H21NO2. The zero-order valence-electron chi connectivity index (χ0n) is 14.3. The van der Waals surface area contributed by atoms with Gasteiger partial charge in [-0.3, -0.25) is 0 Å². The number of rotatable bonds is 6. The molecule has 3 heteroatoms. The number of para-hydroxylation sites is 1. The fraction of sp³-hybridized carbons (Fsp3) is 0.136. The van der Waals surface area contributed by atoms with Crippen molar-refractivity contribution in [2.75, 3.05) is 6.61 Å². The summed E-state index contributed by atoms with van der Waals surface area (Å²) in [6.07, 6.45) is 9.17. The first-order valence-corrected chi connectivity index (χ1v) is 8.41. The van der Waals surface area contributed by atoms with E-state index in [2.05, 4.69) is 53.2 Å². The van der Waals surface area contributed by atoms with Crippen LogP contribution in [0.25, 0.3) is 17.0 Å². The maximum atomic E-state index is 11.3. The van der Waals surface area contributed by atoms with Crippen LogP contribution in [0.3, 0.4) is 0 Å². The molecule has 0 radical (unpaired) electrons. The second-order valence-corrected chi connectivity index (χ2v) is 5.69. The Labute approximate surface area is 147 Å². The van der Waals surface area contributed by atoms with Gasteiger partial charge in [-0.15, -0.1) is 0 Å². The van der Waals surface area contributed by atoms with E-state index in [0.29, 0.717) is 6.61 Å². The lowest BCUT2D eigenvalue weighted by atomic mass is 10.1. The van der Waals surface area contributed by atoms with E-state index in [1.807, 2.05) is 24.3 Å². The second-order valence-electron chi connectivity index (χ2n) is 5.69. The van der Waals surface area contributed by atoms with E-state index in [0.717, 1.165) is 12.1 Å². The van der Waals surface area contributed by atoms with E-state index in [1.54, 1.807) is 13.0 Å². The van der Waals surface area contributed by atoms with Gasteiger partial charge in [-0.05, 0) is 24.1 Å². The van der Waals surface area contributed by atoms with Crippen molar-refractivity contribution in [2.45, 2.75) is 13.5 Å². The minimum Gasteiger partial charge on any atom is -0.463 e. The summed E-state index contributed by atoms with van der Waals surface area (Å²) >= 11 is 0. The smallest absolute Gasteiger partial charge is 0.330 e. The van der Waals surface area contributed by atoms with Crippen molar-refractivity contribution in [3.05, 3.63) is 90.1 Å². The molecule has 0 amide bonds. The third-order valence-corrected chi connectivity index (χ3v) is 3.92. The number of benzene rings is 2. The topological polar surface area (TPSA) is 31.2 Å². The Kier molecular flexibility index (Phi) is 5.47. The fourth-order valence-corrected chi connectivity index (χ4v) is 2.80. The van der Waals surface area contributed by atoms with Crippen LogP contribution in [0.1, 0.15) is 18.1 Å². The van der Waals surface area contributed by atoms with Crippen LogP contribution in [0, 0.1) is 0 Å². The second kappa shape index (κ2) is 8.15. The normalized spacial score (nSPS) is 11.6. The number of aromatic nitrogens is 1. The van der Waals surface area contributed by atoms with E-state index in [1.165, 1.54) is 22.5 Å². The number of hydrogen-bond acceptors (Lipinski definition) is 2. The van der Waals surface area contributed by atoms with Crippen LogP contribution < -0.4 is 0 Å². The Morgan fingerprint density at radius 1 is 1.04 bits per heavy atom. The zero-order valence-corrected chi connectivity index (χ0v) is 14.3. The molecule has 0 aliphatic heterocycles. The third-order valence-electron chi connectivity index (χ3n) is 3.92. The molecule has 1 heterocycles. The number of nitrogens with zero attached hydrogens (tertiary/aromatic N) is 1. The highest BCUT2D eigenvalue weighted by atomic mass is 16.5. The van der Waals surface area contributed by atoms with Gasteiger partial charge in [0.1, 0.15) is 0 Å². The maximum Gasteiger partial charge on any atom is 0.330 e. The quantitative estimate of drug-likeness (QED) is 0.368.